The van der Waals surface area contributed by atoms with Gasteiger partial charge in [-0.2, -0.15) is 0 Å². The van der Waals surface area contributed by atoms with Gasteiger partial charge in [-0.05, 0) is 17.5 Å². The van der Waals surface area contributed by atoms with Crippen molar-refractivity contribution in [1.82, 2.24) is 0 Å². The van der Waals surface area contributed by atoms with E-state index in [0.717, 1.165) is 11.3 Å². The predicted octanol–water partition coefficient (Wildman–Crippen LogP) is 3.48. The Kier molecular flexibility index (Phi) is 3.64. The third-order valence-corrected chi connectivity index (χ3v) is 2.42. The van der Waals surface area contributed by atoms with E-state index in [-0.39, 0.29) is 0 Å². The number of rotatable bonds is 3. The van der Waals surface area contributed by atoms with Crippen molar-refractivity contribution in [2.45, 2.75) is 19.8 Å². The number of ether oxygens (including phenoxy) is 2. The lowest BCUT2D eigenvalue weighted by Crippen LogP contribution is -1.96. The molecule has 0 aromatic heterocycles. The molecular weight excluding hydrogens is 200 g/mol. The van der Waals surface area contributed by atoms with Gasteiger partial charge in [0.2, 0.25) is 0 Å². The molecule has 78 valence electrons. The van der Waals surface area contributed by atoms with Gasteiger partial charge in [-0.1, -0.05) is 25.4 Å². The highest BCUT2D eigenvalue weighted by Crippen LogP contribution is 2.35. The molecule has 0 spiro atoms. The lowest BCUT2D eigenvalue weighted by atomic mass is 10.0. The van der Waals surface area contributed by atoms with Crippen molar-refractivity contribution in [2.24, 2.45) is 0 Å². The topological polar surface area (TPSA) is 18.5 Å². The largest absolute Gasteiger partial charge is 0.496 e. The maximum absolute atomic E-state index is 6.02. The third kappa shape index (κ3) is 2.13. The van der Waals surface area contributed by atoms with Crippen LogP contribution in [-0.2, 0) is 0 Å². The zero-order valence-corrected chi connectivity index (χ0v) is 9.68. The van der Waals surface area contributed by atoms with E-state index in [4.69, 9.17) is 21.1 Å². The minimum absolute atomic E-state index is 0.383. The van der Waals surface area contributed by atoms with Crippen LogP contribution in [0.15, 0.2) is 12.1 Å². The Bertz CT molecular complexity index is 321. The molecule has 1 rings (SSSR count). The molecule has 0 N–H and O–H groups in total. The molecule has 0 saturated carbocycles. The van der Waals surface area contributed by atoms with Crippen molar-refractivity contribution in [1.29, 1.82) is 0 Å². The smallest absolute Gasteiger partial charge is 0.141 e. The average molecular weight is 215 g/mol. The summed E-state index contributed by atoms with van der Waals surface area (Å²) in [5.74, 6) is 1.85. The fourth-order valence-electron chi connectivity index (χ4n) is 1.33. The van der Waals surface area contributed by atoms with Gasteiger partial charge in [0.15, 0.2) is 0 Å². The molecule has 1 aromatic rings. The monoisotopic (exact) mass is 214 g/mol. The zero-order valence-electron chi connectivity index (χ0n) is 8.93. The fraction of sp³-hybridized carbons (Fsp3) is 0.455. The van der Waals surface area contributed by atoms with Crippen LogP contribution in [0.3, 0.4) is 0 Å². The Labute approximate surface area is 89.8 Å². The summed E-state index contributed by atoms with van der Waals surface area (Å²) in [6, 6.07) is 3.71. The Hall–Kier alpha value is -0.890. The lowest BCUT2D eigenvalue weighted by molar-refractivity contribution is 0.390. The summed E-state index contributed by atoms with van der Waals surface area (Å²) in [5, 5.41) is 0.622. The number of methoxy groups -OCH3 is 2. The maximum atomic E-state index is 6.02. The molecule has 0 fully saturated rings. The van der Waals surface area contributed by atoms with Crippen molar-refractivity contribution in [2.75, 3.05) is 14.2 Å². The van der Waals surface area contributed by atoms with Gasteiger partial charge in [-0.25, -0.2) is 0 Å². The summed E-state index contributed by atoms with van der Waals surface area (Å²) in [4.78, 5) is 0. The number of benzene rings is 1. The van der Waals surface area contributed by atoms with Crippen molar-refractivity contribution in [3.63, 3.8) is 0 Å². The van der Waals surface area contributed by atoms with E-state index in [0.29, 0.717) is 16.7 Å². The van der Waals surface area contributed by atoms with Gasteiger partial charge < -0.3 is 9.47 Å². The summed E-state index contributed by atoms with van der Waals surface area (Å²) in [5.41, 5.74) is 1.10. The summed E-state index contributed by atoms with van der Waals surface area (Å²) < 4.78 is 10.4. The number of halogens is 1. The van der Waals surface area contributed by atoms with E-state index in [9.17, 15) is 0 Å². The standard InChI is InChI=1S/C11H15ClO2/c1-7(2)8-5-9(12)11(14-4)6-10(8)13-3/h5-7H,1-4H3. The molecule has 0 saturated heterocycles. The second-order valence-corrected chi connectivity index (χ2v) is 3.79. The van der Waals surface area contributed by atoms with E-state index < -0.39 is 0 Å². The fourth-order valence-corrected chi connectivity index (χ4v) is 1.58. The van der Waals surface area contributed by atoms with E-state index in [1.807, 2.05) is 12.1 Å². The van der Waals surface area contributed by atoms with Crippen molar-refractivity contribution in [3.05, 3.63) is 22.7 Å². The summed E-state index contributed by atoms with van der Waals surface area (Å²) in [7, 11) is 3.24. The molecule has 14 heavy (non-hydrogen) atoms. The SMILES string of the molecule is COc1cc(OC)c(C(C)C)cc1Cl. The Morgan fingerprint density at radius 2 is 1.64 bits per heavy atom. The molecular formula is C11H15ClO2. The summed E-state index contributed by atoms with van der Waals surface area (Å²) in [6.45, 7) is 4.20. The summed E-state index contributed by atoms with van der Waals surface area (Å²) >= 11 is 6.02. The van der Waals surface area contributed by atoms with Crippen LogP contribution >= 0.6 is 11.6 Å². The molecule has 0 unspecified atom stereocenters. The van der Waals surface area contributed by atoms with E-state index in [1.54, 1.807) is 14.2 Å². The molecule has 0 atom stereocenters. The van der Waals surface area contributed by atoms with Crippen LogP contribution in [0.5, 0.6) is 11.5 Å². The van der Waals surface area contributed by atoms with Crippen LogP contribution in [0.1, 0.15) is 25.3 Å². The molecule has 0 bridgehead atoms. The second-order valence-electron chi connectivity index (χ2n) is 3.38. The van der Waals surface area contributed by atoms with Gasteiger partial charge in [-0.3, -0.25) is 0 Å². The van der Waals surface area contributed by atoms with Crippen LogP contribution in [-0.4, -0.2) is 14.2 Å². The molecule has 0 aliphatic carbocycles. The third-order valence-electron chi connectivity index (χ3n) is 2.13. The molecule has 1 aromatic carbocycles. The van der Waals surface area contributed by atoms with Crippen LogP contribution in [0.4, 0.5) is 0 Å². The maximum Gasteiger partial charge on any atom is 0.141 e. The molecule has 3 heteroatoms. The Morgan fingerprint density at radius 1 is 1.07 bits per heavy atom. The molecule has 0 aliphatic rings. The normalized spacial score (nSPS) is 10.4. The van der Waals surface area contributed by atoms with Crippen LogP contribution in [0.2, 0.25) is 5.02 Å². The van der Waals surface area contributed by atoms with Gasteiger partial charge in [0.05, 0.1) is 19.2 Å². The average Bonchev–Trinajstić information content (AvgIpc) is 2.17. The van der Waals surface area contributed by atoms with E-state index in [2.05, 4.69) is 13.8 Å². The first-order valence-corrected chi connectivity index (χ1v) is 4.89. The van der Waals surface area contributed by atoms with Crippen molar-refractivity contribution >= 4 is 11.6 Å². The Balaban J connectivity index is 3.24. The van der Waals surface area contributed by atoms with Gasteiger partial charge in [0, 0.05) is 6.07 Å². The highest BCUT2D eigenvalue weighted by atomic mass is 35.5. The quantitative estimate of drug-likeness (QED) is 0.767. The van der Waals surface area contributed by atoms with E-state index >= 15 is 0 Å². The molecule has 0 aliphatic heterocycles. The highest BCUT2D eigenvalue weighted by Gasteiger charge is 2.11. The second kappa shape index (κ2) is 4.56. The molecule has 2 nitrogen and oxygen atoms in total. The molecule has 0 heterocycles. The lowest BCUT2D eigenvalue weighted by Gasteiger charge is -2.14. The number of hydrogen-bond donors (Lipinski definition) is 0. The van der Waals surface area contributed by atoms with E-state index in [1.165, 1.54) is 0 Å². The minimum atomic E-state index is 0.383. The molecule has 0 radical (unpaired) electrons. The van der Waals surface area contributed by atoms with Gasteiger partial charge in [0.25, 0.3) is 0 Å². The zero-order chi connectivity index (χ0) is 10.7. The van der Waals surface area contributed by atoms with Crippen molar-refractivity contribution < 1.29 is 9.47 Å². The van der Waals surface area contributed by atoms with Gasteiger partial charge >= 0.3 is 0 Å². The summed E-state index contributed by atoms with van der Waals surface area (Å²) in [6.07, 6.45) is 0. The first-order valence-electron chi connectivity index (χ1n) is 4.51. The van der Waals surface area contributed by atoms with Crippen LogP contribution in [0, 0.1) is 0 Å². The van der Waals surface area contributed by atoms with Gasteiger partial charge in [0.1, 0.15) is 11.5 Å². The van der Waals surface area contributed by atoms with Crippen molar-refractivity contribution in [3.8, 4) is 11.5 Å². The van der Waals surface area contributed by atoms with Crippen LogP contribution < -0.4 is 9.47 Å². The van der Waals surface area contributed by atoms with Crippen LogP contribution in [0.25, 0.3) is 0 Å². The first-order chi connectivity index (χ1) is 6.60. The first kappa shape index (κ1) is 11.2. The molecule has 0 amide bonds. The predicted molar refractivity (Wildman–Crippen MR) is 58.6 cm³/mol. The minimum Gasteiger partial charge on any atom is -0.496 e. The van der Waals surface area contributed by atoms with Gasteiger partial charge in [-0.15, -0.1) is 0 Å². The highest BCUT2D eigenvalue weighted by molar-refractivity contribution is 6.32. The Morgan fingerprint density at radius 3 is 2.07 bits per heavy atom. The number of hydrogen-bond acceptors (Lipinski definition) is 2.